The van der Waals surface area contributed by atoms with Crippen LogP contribution in [-0.4, -0.2) is 27.3 Å². The van der Waals surface area contributed by atoms with Gasteiger partial charge in [0, 0.05) is 12.5 Å². The molecule has 1 aromatic rings. The summed E-state index contributed by atoms with van der Waals surface area (Å²) in [5.41, 5.74) is 2.38. The number of aromatic hydroxyl groups is 1. The first-order chi connectivity index (χ1) is 11.2. The molecule has 0 atom stereocenters. The molecular formula is C20H30O5. The van der Waals surface area contributed by atoms with E-state index in [0.717, 1.165) is 22.8 Å². The lowest BCUT2D eigenvalue weighted by atomic mass is 9.78. The average Bonchev–Trinajstić information content (AvgIpc) is 2.44. The Morgan fingerprint density at radius 1 is 1.00 bits per heavy atom. The second-order valence-corrected chi connectivity index (χ2v) is 7.98. The number of carbonyl (C=O) groups is 2. The largest absolute Gasteiger partial charge is 0.507 e. The zero-order chi connectivity index (χ0) is 20.0. The fraction of sp³-hybridized carbons (Fsp3) is 0.500. The van der Waals surface area contributed by atoms with Crippen LogP contribution in [0.4, 0.5) is 0 Å². The zero-order valence-electron chi connectivity index (χ0n) is 16.0. The molecule has 0 bridgehead atoms. The predicted molar refractivity (Wildman–Crippen MR) is 99.3 cm³/mol. The smallest absolute Gasteiger partial charge is 0.327 e. The van der Waals surface area contributed by atoms with Gasteiger partial charge in [-0.2, -0.15) is 0 Å². The third-order valence-corrected chi connectivity index (χ3v) is 3.59. The first-order valence-electron chi connectivity index (χ1n) is 8.14. The number of hydrogen-bond donors (Lipinski definition) is 3. The van der Waals surface area contributed by atoms with E-state index in [0.29, 0.717) is 12.2 Å². The second-order valence-electron chi connectivity index (χ2n) is 7.98. The Labute approximate surface area is 150 Å². The second kappa shape index (κ2) is 8.70. The van der Waals surface area contributed by atoms with Crippen molar-refractivity contribution in [2.45, 2.75) is 65.2 Å². The summed E-state index contributed by atoms with van der Waals surface area (Å²) in [6.07, 6.45) is 1.43. The number of carboxylic acids is 2. The van der Waals surface area contributed by atoms with Crippen LogP contribution in [0.2, 0.25) is 0 Å². The maximum Gasteiger partial charge on any atom is 0.327 e. The van der Waals surface area contributed by atoms with Crippen LogP contribution < -0.4 is 0 Å². The highest BCUT2D eigenvalue weighted by atomic mass is 16.4. The van der Waals surface area contributed by atoms with Gasteiger partial charge in [0.2, 0.25) is 0 Å². The van der Waals surface area contributed by atoms with E-state index >= 15 is 0 Å². The minimum absolute atomic E-state index is 0.109. The summed E-state index contributed by atoms with van der Waals surface area (Å²) in [5.74, 6) is -1.44. The molecule has 0 saturated carbocycles. The van der Waals surface area contributed by atoms with E-state index in [4.69, 9.17) is 10.2 Å². The van der Waals surface area contributed by atoms with Gasteiger partial charge in [0.25, 0.3) is 0 Å². The molecule has 0 fully saturated rings. The number of benzene rings is 1. The lowest BCUT2D eigenvalue weighted by Gasteiger charge is -2.28. The van der Waals surface area contributed by atoms with Crippen molar-refractivity contribution in [1.82, 2.24) is 0 Å². The van der Waals surface area contributed by atoms with Crippen molar-refractivity contribution >= 4 is 11.9 Å². The number of rotatable bonds is 4. The fourth-order valence-electron chi connectivity index (χ4n) is 2.23. The molecule has 0 heterocycles. The topological polar surface area (TPSA) is 94.8 Å². The molecule has 0 aromatic heterocycles. The van der Waals surface area contributed by atoms with Gasteiger partial charge < -0.3 is 15.3 Å². The van der Waals surface area contributed by atoms with Crippen molar-refractivity contribution < 1.29 is 24.9 Å². The van der Waals surface area contributed by atoms with E-state index in [1.807, 2.05) is 12.1 Å². The highest BCUT2D eigenvalue weighted by molar-refractivity contribution is 5.78. The van der Waals surface area contributed by atoms with E-state index in [2.05, 4.69) is 48.1 Å². The highest BCUT2D eigenvalue weighted by Gasteiger charge is 2.26. The molecule has 0 aliphatic heterocycles. The number of carboxylic acid groups (broad SMARTS) is 2. The van der Waals surface area contributed by atoms with Crippen molar-refractivity contribution in [1.29, 1.82) is 0 Å². The molecule has 0 aliphatic carbocycles. The van der Waals surface area contributed by atoms with Crippen LogP contribution in [0.15, 0.2) is 24.8 Å². The van der Waals surface area contributed by atoms with E-state index in [1.165, 1.54) is 0 Å². The van der Waals surface area contributed by atoms with Gasteiger partial charge in [-0.3, -0.25) is 4.79 Å². The highest BCUT2D eigenvalue weighted by Crippen LogP contribution is 2.39. The van der Waals surface area contributed by atoms with Gasteiger partial charge in [0.05, 0.1) is 0 Å². The van der Waals surface area contributed by atoms with Crippen molar-refractivity contribution in [3.63, 3.8) is 0 Å². The van der Waals surface area contributed by atoms with Crippen molar-refractivity contribution in [2.24, 2.45) is 0 Å². The Hall–Kier alpha value is -2.30. The molecule has 25 heavy (non-hydrogen) atoms. The minimum atomic E-state index is -0.981. The Kier molecular flexibility index (Phi) is 7.90. The van der Waals surface area contributed by atoms with E-state index < -0.39 is 11.9 Å². The third kappa shape index (κ3) is 7.88. The van der Waals surface area contributed by atoms with E-state index in [1.54, 1.807) is 0 Å². The van der Waals surface area contributed by atoms with Crippen LogP contribution in [0.1, 0.15) is 64.7 Å². The molecule has 0 unspecified atom stereocenters. The van der Waals surface area contributed by atoms with E-state index in [-0.39, 0.29) is 17.3 Å². The zero-order valence-corrected chi connectivity index (χ0v) is 16.0. The Morgan fingerprint density at radius 2 is 1.36 bits per heavy atom. The van der Waals surface area contributed by atoms with Gasteiger partial charge >= 0.3 is 11.9 Å². The molecular weight excluding hydrogens is 320 g/mol. The maximum absolute atomic E-state index is 10.8. The van der Waals surface area contributed by atoms with Gasteiger partial charge in [-0.1, -0.05) is 60.3 Å². The van der Waals surface area contributed by atoms with Gasteiger partial charge in [0.15, 0.2) is 0 Å². The summed E-state index contributed by atoms with van der Waals surface area (Å²) >= 11 is 0. The first-order valence-corrected chi connectivity index (χ1v) is 8.14. The van der Waals surface area contributed by atoms with Crippen LogP contribution >= 0.6 is 0 Å². The Morgan fingerprint density at radius 3 is 1.60 bits per heavy atom. The summed E-state index contributed by atoms with van der Waals surface area (Å²) in [4.78, 5) is 20.0. The third-order valence-electron chi connectivity index (χ3n) is 3.59. The molecule has 5 nitrogen and oxygen atoms in total. The summed E-state index contributed by atoms with van der Waals surface area (Å²) in [6, 6.07) is 3.88. The van der Waals surface area contributed by atoms with Crippen LogP contribution in [0.5, 0.6) is 5.75 Å². The predicted octanol–water partition coefficient (Wildman–Crippen LogP) is 4.26. The Balaban J connectivity index is 0.00000101. The van der Waals surface area contributed by atoms with Gasteiger partial charge in [-0.25, -0.2) is 4.79 Å². The monoisotopic (exact) mass is 350 g/mol. The van der Waals surface area contributed by atoms with Gasteiger partial charge in [0.1, 0.15) is 5.75 Å². The number of hydrogen-bond acceptors (Lipinski definition) is 3. The molecule has 0 aliphatic rings. The molecule has 1 aromatic carbocycles. The lowest BCUT2D eigenvalue weighted by molar-refractivity contribution is -0.137. The molecule has 1 rings (SSSR count). The number of aliphatic carboxylic acids is 2. The number of phenolic OH excluding ortho intramolecular Hbond substituents is 1. The van der Waals surface area contributed by atoms with Crippen LogP contribution in [0.3, 0.4) is 0 Å². The van der Waals surface area contributed by atoms with Gasteiger partial charge in [-0.15, -0.1) is 0 Å². The van der Waals surface area contributed by atoms with E-state index in [9.17, 15) is 14.7 Å². The molecule has 0 saturated heterocycles. The molecule has 0 spiro atoms. The minimum Gasteiger partial charge on any atom is -0.507 e. The summed E-state index contributed by atoms with van der Waals surface area (Å²) in [5, 5.41) is 27.0. The number of phenols is 1. The normalized spacial score (nSPS) is 11.3. The lowest BCUT2D eigenvalue weighted by Crippen LogP contribution is -2.18. The number of aryl methyl sites for hydroxylation is 1. The Bertz CT molecular complexity index is 595. The summed E-state index contributed by atoms with van der Waals surface area (Å²) in [6.45, 7) is 15.3. The molecule has 5 heteroatoms. The molecule has 0 amide bonds. The quantitative estimate of drug-likeness (QED) is 0.705. The summed E-state index contributed by atoms with van der Waals surface area (Å²) < 4.78 is 0. The van der Waals surface area contributed by atoms with Gasteiger partial charge in [-0.05, 0) is 33.9 Å². The summed E-state index contributed by atoms with van der Waals surface area (Å²) in [7, 11) is 0. The van der Waals surface area contributed by atoms with Crippen molar-refractivity contribution in [3.8, 4) is 5.75 Å². The SMILES string of the molecule is C=CC(=O)O.CC(C)(C)c1cc(CCC(=O)O)cc(C(C)(C)C)c1O. The first kappa shape index (κ1) is 22.7. The van der Waals surface area contributed by atoms with Crippen LogP contribution in [0, 0.1) is 0 Å². The molecule has 140 valence electrons. The maximum atomic E-state index is 10.8. The van der Waals surface area contributed by atoms with Crippen molar-refractivity contribution in [3.05, 3.63) is 41.5 Å². The molecule has 3 N–H and O–H groups in total. The molecule has 0 radical (unpaired) electrons. The van der Waals surface area contributed by atoms with Crippen LogP contribution in [0.25, 0.3) is 0 Å². The fourth-order valence-corrected chi connectivity index (χ4v) is 2.23. The van der Waals surface area contributed by atoms with Crippen molar-refractivity contribution in [2.75, 3.05) is 0 Å². The average molecular weight is 350 g/mol. The standard InChI is InChI=1S/C17H26O3.C3H4O2/c1-16(2,3)12-9-11(7-8-14(18)19)10-13(15(12)20)17(4,5)6;1-2-3(4)5/h9-10,20H,7-8H2,1-6H3,(H,18,19);2H,1H2,(H,4,5). The van der Waals surface area contributed by atoms with Crippen LogP contribution in [-0.2, 0) is 26.8 Å².